The summed E-state index contributed by atoms with van der Waals surface area (Å²) >= 11 is 0. The van der Waals surface area contributed by atoms with E-state index in [-0.39, 0.29) is 5.69 Å². The van der Waals surface area contributed by atoms with Gasteiger partial charge in [-0.2, -0.15) is 5.10 Å². The molecule has 0 fully saturated rings. The molecule has 0 radical (unpaired) electrons. The highest BCUT2D eigenvalue weighted by Crippen LogP contribution is 2.27. The van der Waals surface area contributed by atoms with Crippen LogP contribution in [-0.4, -0.2) is 30.8 Å². The Hall–Kier alpha value is -2.84. The molecule has 8 nitrogen and oxygen atoms in total. The fraction of sp³-hybridized carbons (Fsp3) is 0.182. The zero-order chi connectivity index (χ0) is 15.0. The van der Waals surface area contributed by atoms with E-state index >= 15 is 0 Å². The summed E-state index contributed by atoms with van der Waals surface area (Å²) in [4.78, 5) is 25.1. The standard InChI is InChI=1S/C11H9FN4O4/c1-5-13-6(2)15(14-5)9-3-7(11(17)18)8(12)4-10(9)16(19)20/h3-4H,1-2H3,(H,17,18). The largest absolute Gasteiger partial charge is 0.478 e. The van der Waals surface area contributed by atoms with Gasteiger partial charge in [-0.25, -0.2) is 18.9 Å². The Morgan fingerprint density at radius 2 is 2.10 bits per heavy atom. The van der Waals surface area contributed by atoms with E-state index in [1.165, 1.54) is 0 Å². The molecule has 9 heteroatoms. The van der Waals surface area contributed by atoms with E-state index in [9.17, 15) is 19.3 Å². The first kappa shape index (κ1) is 13.6. The maximum absolute atomic E-state index is 13.5. The topological polar surface area (TPSA) is 111 Å². The molecule has 0 spiro atoms. The molecule has 0 saturated heterocycles. The van der Waals surface area contributed by atoms with Crippen LogP contribution in [-0.2, 0) is 0 Å². The van der Waals surface area contributed by atoms with Crippen LogP contribution in [0.15, 0.2) is 12.1 Å². The predicted octanol–water partition coefficient (Wildman–Crippen LogP) is 1.63. The molecule has 0 aliphatic carbocycles. The normalized spacial score (nSPS) is 10.6. The van der Waals surface area contributed by atoms with Crippen molar-refractivity contribution in [3.8, 4) is 5.69 Å². The van der Waals surface area contributed by atoms with Gasteiger partial charge in [0.15, 0.2) is 0 Å². The molecule has 0 bridgehead atoms. The van der Waals surface area contributed by atoms with Gasteiger partial charge in [-0.15, -0.1) is 0 Å². The molecule has 1 N–H and O–H groups in total. The van der Waals surface area contributed by atoms with Crippen molar-refractivity contribution >= 4 is 11.7 Å². The van der Waals surface area contributed by atoms with Crippen LogP contribution >= 0.6 is 0 Å². The highest BCUT2D eigenvalue weighted by molar-refractivity contribution is 5.89. The van der Waals surface area contributed by atoms with E-state index in [2.05, 4.69) is 10.1 Å². The van der Waals surface area contributed by atoms with E-state index in [4.69, 9.17) is 5.11 Å². The number of nitrogens with zero attached hydrogens (tertiary/aromatic N) is 4. The molecule has 0 saturated carbocycles. The minimum atomic E-state index is -1.52. The molecule has 0 aliphatic heterocycles. The van der Waals surface area contributed by atoms with Crippen molar-refractivity contribution in [3.63, 3.8) is 0 Å². The fourth-order valence-electron chi connectivity index (χ4n) is 1.78. The van der Waals surface area contributed by atoms with Crippen LogP contribution in [0.3, 0.4) is 0 Å². The number of aryl methyl sites for hydroxylation is 2. The number of halogens is 1. The zero-order valence-corrected chi connectivity index (χ0v) is 10.5. The first-order valence-electron chi connectivity index (χ1n) is 5.43. The number of carboxylic acid groups (broad SMARTS) is 1. The smallest absolute Gasteiger partial charge is 0.338 e. The van der Waals surface area contributed by atoms with Gasteiger partial charge in [-0.3, -0.25) is 10.1 Å². The van der Waals surface area contributed by atoms with Crippen LogP contribution in [0.5, 0.6) is 0 Å². The van der Waals surface area contributed by atoms with Gasteiger partial charge in [0, 0.05) is 0 Å². The third kappa shape index (κ3) is 2.20. The van der Waals surface area contributed by atoms with E-state index in [0.717, 1.165) is 10.7 Å². The van der Waals surface area contributed by atoms with Crippen molar-refractivity contribution in [3.05, 3.63) is 45.3 Å². The summed E-state index contributed by atoms with van der Waals surface area (Å²) in [5.74, 6) is -2.01. The molecule has 20 heavy (non-hydrogen) atoms. The summed E-state index contributed by atoms with van der Waals surface area (Å²) in [6.45, 7) is 3.13. The first-order chi connectivity index (χ1) is 9.31. The maximum Gasteiger partial charge on any atom is 0.338 e. The lowest BCUT2D eigenvalue weighted by atomic mass is 10.1. The monoisotopic (exact) mass is 280 g/mol. The third-order valence-corrected chi connectivity index (χ3v) is 2.59. The number of nitro benzene ring substituents is 1. The van der Waals surface area contributed by atoms with Gasteiger partial charge in [-0.1, -0.05) is 0 Å². The Bertz CT molecular complexity index is 725. The van der Waals surface area contributed by atoms with Crippen molar-refractivity contribution in [1.29, 1.82) is 0 Å². The molecular formula is C11H9FN4O4. The van der Waals surface area contributed by atoms with Crippen LogP contribution in [0.25, 0.3) is 5.69 Å². The Kier molecular flexibility index (Phi) is 3.18. The number of carboxylic acids is 1. The quantitative estimate of drug-likeness (QED) is 0.675. The number of nitro groups is 1. The van der Waals surface area contributed by atoms with Crippen LogP contribution in [0, 0.1) is 29.8 Å². The number of carbonyl (C=O) groups is 1. The summed E-state index contributed by atoms with van der Waals surface area (Å²) in [5.41, 5.74) is -1.40. The number of rotatable bonds is 3. The van der Waals surface area contributed by atoms with E-state index in [0.29, 0.717) is 17.7 Å². The zero-order valence-electron chi connectivity index (χ0n) is 10.5. The summed E-state index contributed by atoms with van der Waals surface area (Å²) in [6, 6.07) is 1.44. The molecule has 2 rings (SSSR count). The van der Waals surface area contributed by atoms with Crippen molar-refractivity contribution in [1.82, 2.24) is 14.8 Å². The average molecular weight is 280 g/mol. The number of benzene rings is 1. The minimum Gasteiger partial charge on any atom is -0.478 e. The summed E-state index contributed by atoms with van der Waals surface area (Å²) in [5, 5.41) is 23.8. The second kappa shape index (κ2) is 4.68. The van der Waals surface area contributed by atoms with E-state index in [1.807, 2.05) is 0 Å². The van der Waals surface area contributed by atoms with Gasteiger partial charge >= 0.3 is 5.97 Å². The predicted molar refractivity (Wildman–Crippen MR) is 64.4 cm³/mol. The molecule has 2 aromatic rings. The van der Waals surface area contributed by atoms with Crippen LogP contribution < -0.4 is 0 Å². The van der Waals surface area contributed by atoms with E-state index < -0.39 is 28.0 Å². The lowest BCUT2D eigenvalue weighted by Gasteiger charge is -2.06. The number of aromatic nitrogens is 3. The third-order valence-electron chi connectivity index (χ3n) is 2.59. The highest BCUT2D eigenvalue weighted by Gasteiger charge is 2.24. The lowest BCUT2D eigenvalue weighted by Crippen LogP contribution is -2.09. The van der Waals surface area contributed by atoms with Gasteiger partial charge in [-0.05, 0) is 19.9 Å². The summed E-state index contributed by atoms with van der Waals surface area (Å²) in [7, 11) is 0. The molecule has 1 aromatic heterocycles. The van der Waals surface area contributed by atoms with Gasteiger partial charge in [0.25, 0.3) is 5.69 Å². The molecule has 1 aromatic carbocycles. The van der Waals surface area contributed by atoms with Crippen LogP contribution in [0.2, 0.25) is 0 Å². The number of hydrogen-bond acceptors (Lipinski definition) is 5. The van der Waals surface area contributed by atoms with Gasteiger partial charge in [0.05, 0.1) is 16.6 Å². The lowest BCUT2D eigenvalue weighted by molar-refractivity contribution is -0.384. The molecule has 1 heterocycles. The number of hydrogen-bond donors (Lipinski definition) is 1. The van der Waals surface area contributed by atoms with Crippen LogP contribution in [0.4, 0.5) is 10.1 Å². The van der Waals surface area contributed by atoms with Crippen molar-refractivity contribution in [2.75, 3.05) is 0 Å². The summed E-state index contributed by atoms with van der Waals surface area (Å²) in [6.07, 6.45) is 0. The molecular weight excluding hydrogens is 271 g/mol. The van der Waals surface area contributed by atoms with Gasteiger partial charge < -0.3 is 5.11 Å². The number of aromatic carboxylic acids is 1. The first-order valence-corrected chi connectivity index (χ1v) is 5.43. The highest BCUT2D eigenvalue weighted by atomic mass is 19.1. The molecule has 0 atom stereocenters. The Morgan fingerprint density at radius 3 is 2.55 bits per heavy atom. The molecule has 0 amide bonds. The Balaban J connectivity index is 2.78. The SMILES string of the molecule is Cc1nc(C)n(-c2cc(C(=O)O)c(F)cc2[N+](=O)[O-])n1. The molecule has 0 unspecified atom stereocenters. The second-order valence-electron chi connectivity index (χ2n) is 4.00. The maximum atomic E-state index is 13.5. The van der Waals surface area contributed by atoms with Gasteiger partial charge in [0.2, 0.25) is 0 Å². The van der Waals surface area contributed by atoms with Crippen molar-refractivity contribution in [2.45, 2.75) is 13.8 Å². The molecule has 0 aliphatic rings. The molecule has 104 valence electrons. The average Bonchev–Trinajstić information content (AvgIpc) is 2.67. The second-order valence-corrected chi connectivity index (χ2v) is 4.00. The van der Waals surface area contributed by atoms with Crippen LogP contribution in [0.1, 0.15) is 22.0 Å². The Labute approximate surface area is 111 Å². The van der Waals surface area contributed by atoms with Crippen molar-refractivity contribution < 1.29 is 19.2 Å². The van der Waals surface area contributed by atoms with E-state index in [1.54, 1.807) is 13.8 Å². The fourth-order valence-corrected chi connectivity index (χ4v) is 1.78. The van der Waals surface area contributed by atoms with Crippen molar-refractivity contribution in [2.24, 2.45) is 0 Å². The summed E-state index contributed by atoms with van der Waals surface area (Å²) < 4.78 is 14.6. The Morgan fingerprint density at radius 1 is 1.45 bits per heavy atom. The van der Waals surface area contributed by atoms with Gasteiger partial charge in [0.1, 0.15) is 23.2 Å². The minimum absolute atomic E-state index is 0.146.